The third-order valence-electron chi connectivity index (χ3n) is 1.43. The zero-order valence-corrected chi connectivity index (χ0v) is 8.55. The van der Waals surface area contributed by atoms with E-state index in [2.05, 4.69) is 5.32 Å². The minimum atomic E-state index is -0.122. The van der Waals surface area contributed by atoms with Crippen LogP contribution in [0.3, 0.4) is 0 Å². The van der Waals surface area contributed by atoms with Gasteiger partial charge in [-0.05, 0) is 27.3 Å². The fourth-order valence-corrected chi connectivity index (χ4v) is 0.815. The van der Waals surface area contributed by atoms with Crippen LogP contribution < -0.4 is 5.32 Å². The van der Waals surface area contributed by atoms with Crippen molar-refractivity contribution in [1.82, 2.24) is 5.32 Å². The number of hydrogen-bond acceptors (Lipinski definition) is 3. The summed E-state index contributed by atoms with van der Waals surface area (Å²) in [5, 5.41) is 12.0. The van der Waals surface area contributed by atoms with Crippen molar-refractivity contribution in [1.29, 1.82) is 0 Å². The van der Waals surface area contributed by atoms with E-state index in [0.29, 0.717) is 6.61 Å². The second-order valence-electron chi connectivity index (χ2n) is 3.86. The Morgan fingerprint density at radius 1 is 1.42 bits per heavy atom. The summed E-state index contributed by atoms with van der Waals surface area (Å²) in [5.74, 6) is 0. The van der Waals surface area contributed by atoms with Gasteiger partial charge in [-0.3, -0.25) is 0 Å². The molecule has 0 fully saturated rings. The van der Waals surface area contributed by atoms with Crippen LogP contribution in [0.15, 0.2) is 0 Å². The highest BCUT2D eigenvalue weighted by atomic mass is 16.5. The van der Waals surface area contributed by atoms with Gasteiger partial charge in [-0.15, -0.1) is 0 Å². The van der Waals surface area contributed by atoms with E-state index in [0.717, 1.165) is 6.54 Å². The Labute approximate surface area is 75.1 Å². The average molecular weight is 175 g/mol. The minimum Gasteiger partial charge on any atom is -0.395 e. The monoisotopic (exact) mass is 175 g/mol. The first-order valence-electron chi connectivity index (χ1n) is 4.47. The first-order valence-corrected chi connectivity index (χ1v) is 4.47. The second-order valence-corrected chi connectivity index (χ2v) is 3.86. The van der Waals surface area contributed by atoms with Gasteiger partial charge in [0, 0.05) is 0 Å². The molecule has 0 saturated heterocycles. The molecule has 0 aliphatic rings. The second kappa shape index (κ2) is 5.51. The number of aliphatic hydroxyl groups is 1. The normalized spacial score (nSPS) is 14.8. The molecule has 3 nitrogen and oxygen atoms in total. The van der Waals surface area contributed by atoms with Gasteiger partial charge >= 0.3 is 0 Å². The molecule has 0 aromatic heterocycles. The van der Waals surface area contributed by atoms with E-state index in [4.69, 9.17) is 9.84 Å². The molecule has 0 amide bonds. The molecular formula is C9H21NO2. The lowest BCUT2D eigenvalue weighted by Gasteiger charge is -2.23. The number of ether oxygens (including phenoxy) is 1. The van der Waals surface area contributed by atoms with Crippen LogP contribution in [0.1, 0.15) is 27.7 Å². The largest absolute Gasteiger partial charge is 0.395 e. The van der Waals surface area contributed by atoms with Gasteiger partial charge < -0.3 is 15.2 Å². The summed E-state index contributed by atoms with van der Waals surface area (Å²) >= 11 is 0. The predicted octanol–water partition coefficient (Wildman–Crippen LogP) is 0.772. The van der Waals surface area contributed by atoms with Crippen LogP contribution in [-0.2, 0) is 4.74 Å². The lowest BCUT2D eigenvalue weighted by Crippen LogP contribution is -2.39. The van der Waals surface area contributed by atoms with Crippen molar-refractivity contribution in [2.24, 2.45) is 0 Å². The number of aliphatic hydroxyl groups excluding tert-OH is 1. The van der Waals surface area contributed by atoms with Crippen LogP contribution >= 0.6 is 0 Å². The molecule has 1 atom stereocenters. The lowest BCUT2D eigenvalue weighted by atomic mass is 10.2. The highest BCUT2D eigenvalue weighted by Crippen LogP contribution is 2.06. The first kappa shape index (κ1) is 11.9. The third-order valence-corrected chi connectivity index (χ3v) is 1.43. The number of rotatable bonds is 5. The molecule has 3 heteroatoms. The van der Waals surface area contributed by atoms with E-state index in [1.807, 2.05) is 27.7 Å². The first-order chi connectivity index (χ1) is 5.49. The number of nitrogens with one attached hydrogen (secondary N) is 1. The molecule has 0 heterocycles. The summed E-state index contributed by atoms with van der Waals surface area (Å²) < 4.78 is 5.51. The van der Waals surface area contributed by atoms with E-state index >= 15 is 0 Å². The van der Waals surface area contributed by atoms with Gasteiger partial charge in [0.05, 0.1) is 24.9 Å². The third kappa shape index (κ3) is 6.58. The molecule has 0 aliphatic heterocycles. The van der Waals surface area contributed by atoms with E-state index in [1.54, 1.807) is 0 Å². The highest BCUT2D eigenvalue weighted by Gasteiger charge is 2.13. The SMILES string of the molecule is CCNC(CO)COC(C)(C)C. The quantitative estimate of drug-likeness (QED) is 0.648. The molecule has 74 valence electrons. The molecule has 0 radical (unpaired) electrons. The number of hydrogen-bond donors (Lipinski definition) is 2. The maximum absolute atomic E-state index is 8.91. The predicted molar refractivity (Wildman–Crippen MR) is 50.3 cm³/mol. The van der Waals surface area contributed by atoms with Gasteiger partial charge in [-0.1, -0.05) is 6.92 Å². The van der Waals surface area contributed by atoms with Crippen LogP contribution in [0.25, 0.3) is 0 Å². The van der Waals surface area contributed by atoms with Crippen molar-refractivity contribution in [3.63, 3.8) is 0 Å². The summed E-state index contributed by atoms with van der Waals surface area (Å²) in [6.45, 7) is 9.59. The molecule has 0 rings (SSSR count). The minimum absolute atomic E-state index is 0.0641. The van der Waals surface area contributed by atoms with E-state index < -0.39 is 0 Å². The van der Waals surface area contributed by atoms with Crippen molar-refractivity contribution >= 4 is 0 Å². The van der Waals surface area contributed by atoms with Gasteiger partial charge in [0.25, 0.3) is 0 Å². The smallest absolute Gasteiger partial charge is 0.0649 e. The van der Waals surface area contributed by atoms with Gasteiger partial charge in [0.1, 0.15) is 0 Å². The molecule has 0 aromatic rings. The fourth-order valence-electron chi connectivity index (χ4n) is 0.815. The average Bonchev–Trinajstić information content (AvgIpc) is 1.96. The molecule has 0 aliphatic carbocycles. The summed E-state index contributed by atoms with van der Waals surface area (Å²) in [7, 11) is 0. The number of likely N-dealkylation sites (N-methyl/N-ethyl adjacent to an activating group) is 1. The summed E-state index contributed by atoms with van der Waals surface area (Å²) in [6.07, 6.45) is 0. The molecule has 0 bridgehead atoms. The molecule has 2 N–H and O–H groups in total. The van der Waals surface area contributed by atoms with Crippen molar-refractivity contribution in [2.45, 2.75) is 39.3 Å². The zero-order chi connectivity index (χ0) is 9.61. The summed E-state index contributed by atoms with van der Waals surface area (Å²) in [6, 6.07) is 0.0641. The molecule has 0 aromatic carbocycles. The summed E-state index contributed by atoms with van der Waals surface area (Å²) in [5.41, 5.74) is -0.122. The Morgan fingerprint density at radius 3 is 2.33 bits per heavy atom. The van der Waals surface area contributed by atoms with Crippen molar-refractivity contribution in [3.05, 3.63) is 0 Å². The van der Waals surface area contributed by atoms with Crippen LogP contribution in [0.5, 0.6) is 0 Å². The Kier molecular flexibility index (Phi) is 5.46. The lowest BCUT2D eigenvalue weighted by molar-refractivity contribution is -0.0210. The van der Waals surface area contributed by atoms with Gasteiger partial charge in [-0.25, -0.2) is 0 Å². The zero-order valence-electron chi connectivity index (χ0n) is 8.55. The van der Waals surface area contributed by atoms with Crippen LogP contribution in [-0.4, -0.2) is 36.5 Å². The topological polar surface area (TPSA) is 41.5 Å². The Morgan fingerprint density at radius 2 is 2.00 bits per heavy atom. The maximum atomic E-state index is 8.91. The van der Waals surface area contributed by atoms with E-state index in [9.17, 15) is 0 Å². The van der Waals surface area contributed by atoms with Crippen LogP contribution in [0.2, 0.25) is 0 Å². The van der Waals surface area contributed by atoms with Crippen LogP contribution in [0, 0.1) is 0 Å². The molecule has 0 spiro atoms. The Hall–Kier alpha value is -0.120. The molecular weight excluding hydrogens is 154 g/mol. The fraction of sp³-hybridized carbons (Fsp3) is 1.00. The van der Waals surface area contributed by atoms with Gasteiger partial charge in [-0.2, -0.15) is 0 Å². The van der Waals surface area contributed by atoms with Crippen LogP contribution in [0.4, 0.5) is 0 Å². The van der Waals surface area contributed by atoms with E-state index in [1.165, 1.54) is 0 Å². The standard InChI is InChI=1S/C9H21NO2/c1-5-10-8(6-11)7-12-9(2,3)4/h8,10-11H,5-7H2,1-4H3. The maximum Gasteiger partial charge on any atom is 0.0649 e. The summed E-state index contributed by atoms with van der Waals surface area (Å²) in [4.78, 5) is 0. The van der Waals surface area contributed by atoms with Crippen molar-refractivity contribution in [2.75, 3.05) is 19.8 Å². The highest BCUT2D eigenvalue weighted by molar-refractivity contribution is 4.66. The van der Waals surface area contributed by atoms with Gasteiger partial charge in [0.2, 0.25) is 0 Å². The Balaban J connectivity index is 3.58. The molecule has 1 unspecified atom stereocenters. The van der Waals surface area contributed by atoms with Crippen molar-refractivity contribution in [3.8, 4) is 0 Å². The Bertz CT molecular complexity index is 110. The molecule has 12 heavy (non-hydrogen) atoms. The molecule has 0 saturated carbocycles. The van der Waals surface area contributed by atoms with Gasteiger partial charge in [0.15, 0.2) is 0 Å². The van der Waals surface area contributed by atoms with Crippen molar-refractivity contribution < 1.29 is 9.84 Å². The van der Waals surface area contributed by atoms with E-state index in [-0.39, 0.29) is 18.2 Å².